The van der Waals surface area contributed by atoms with E-state index in [-0.39, 0.29) is 50.3 Å². The topological polar surface area (TPSA) is 159 Å². The molecule has 0 bridgehead atoms. The monoisotopic (exact) mass is 882 g/mol. The number of carbonyl (C=O) groups excluding carboxylic acids is 5. The van der Waals surface area contributed by atoms with Gasteiger partial charge in [-0.25, -0.2) is 5.43 Å². The molecular formula is C49H71N9O6. The molecule has 10 rings (SSSR count). The lowest BCUT2D eigenvalue weighted by atomic mass is 9.93. The van der Waals surface area contributed by atoms with Crippen molar-refractivity contribution in [2.75, 3.05) is 75.8 Å². The minimum atomic E-state index is -0.988. The number of hydrazine groups is 1. The molecule has 7 aliphatic heterocycles. The Bertz CT molecular complexity index is 2170. The van der Waals surface area contributed by atoms with Crippen LogP contribution in [-0.4, -0.2) is 126 Å². The first kappa shape index (κ1) is 45.2. The van der Waals surface area contributed by atoms with Crippen LogP contribution in [-0.2, 0) is 14.4 Å². The molecular weight excluding hydrogens is 811 g/mol. The third-order valence-corrected chi connectivity index (χ3v) is 14.0. The van der Waals surface area contributed by atoms with Gasteiger partial charge in [0.05, 0.1) is 22.9 Å². The first-order chi connectivity index (χ1) is 31.1. The quantitative estimate of drug-likeness (QED) is 0.229. The molecule has 7 heterocycles. The summed E-state index contributed by atoms with van der Waals surface area (Å²) in [5.74, 6) is 0.963. The number of nitrogens with zero attached hydrogens (tertiary/aromatic N) is 5. The van der Waals surface area contributed by atoms with Crippen molar-refractivity contribution in [3.8, 4) is 5.75 Å². The van der Waals surface area contributed by atoms with Gasteiger partial charge in [0, 0.05) is 91.9 Å². The Morgan fingerprint density at radius 3 is 2.22 bits per heavy atom. The Kier molecular flexibility index (Phi) is 13.7. The van der Waals surface area contributed by atoms with E-state index in [1.165, 1.54) is 17.0 Å². The number of piperazine rings is 1. The smallest absolute Gasteiger partial charge is 0.262 e. The summed E-state index contributed by atoms with van der Waals surface area (Å²) in [5, 5.41) is 5.88. The second-order valence-electron chi connectivity index (χ2n) is 18.1. The van der Waals surface area contributed by atoms with Crippen molar-refractivity contribution in [1.29, 1.82) is 0 Å². The summed E-state index contributed by atoms with van der Waals surface area (Å²) in [6.07, 6.45) is 10.8. The molecule has 15 nitrogen and oxygen atoms in total. The van der Waals surface area contributed by atoms with Crippen molar-refractivity contribution in [3.05, 3.63) is 76.6 Å². The molecule has 64 heavy (non-hydrogen) atoms. The lowest BCUT2D eigenvalue weighted by Gasteiger charge is -2.41. The number of anilines is 2. The van der Waals surface area contributed by atoms with Crippen molar-refractivity contribution in [2.45, 2.75) is 104 Å². The standard InChI is InChI=1S/C45H55N9O6.2C2H6.2H2/c1-45(13-14-45)60-32-3-5-36-35(26-32)40(49-48-36)30-8-15-46-38(24-30)52-16-9-28(10-17-52)27-50-20-22-53(23-21-50)42(57)29-11-18-51(19-12-29)31-2-4-33-34(25-31)44(59)54(43(33)58)37-6-7-39(55)47-41(37)56;2*1-2;;/h2-5,8,24-26,28-29,37,40,46,48-49H,6-7,9-23,27H2,1H3,(H,47,55,56);2*1-2H3;2*1H. The van der Waals surface area contributed by atoms with Gasteiger partial charge < -0.3 is 30.2 Å². The first-order valence-corrected chi connectivity index (χ1v) is 24.0. The van der Waals surface area contributed by atoms with Crippen LogP contribution in [0.5, 0.6) is 5.75 Å². The molecule has 4 N–H and O–H groups in total. The summed E-state index contributed by atoms with van der Waals surface area (Å²) < 4.78 is 6.28. The number of rotatable bonds is 9. The summed E-state index contributed by atoms with van der Waals surface area (Å²) in [6, 6.07) is 10.7. The highest BCUT2D eigenvalue weighted by Gasteiger charge is 2.45. The van der Waals surface area contributed by atoms with Crippen LogP contribution in [0.4, 0.5) is 11.4 Å². The fourth-order valence-electron chi connectivity index (χ4n) is 10.1. The molecule has 4 saturated heterocycles. The number of imide groups is 2. The molecule has 0 aromatic heterocycles. The molecule has 5 amide bonds. The van der Waals surface area contributed by atoms with Crippen molar-refractivity contribution >= 4 is 40.9 Å². The van der Waals surface area contributed by atoms with Crippen LogP contribution in [0.3, 0.4) is 0 Å². The van der Waals surface area contributed by atoms with Gasteiger partial charge in [-0.05, 0) is 106 Å². The number of nitrogens with one attached hydrogen (secondary N) is 4. The summed E-state index contributed by atoms with van der Waals surface area (Å²) in [4.78, 5) is 74.6. The van der Waals surface area contributed by atoms with Crippen molar-refractivity contribution < 1.29 is 31.6 Å². The minimum absolute atomic E-state index is 0. The Hall–Kier alpha value is -5.41. The van der Waals surface area contributed by atoms with Crippen LogP contribution in [0.15, 0.2) is 59.9 Å². The molecule has 2 unspecified atom stereocenters. The number of ether oxygens (including phenoxy) is 1. The SMILES string of the molecule is CC.CC.CC1(Oc2ccc3c(c2)C(C2=CCNC(N4CCC(CN5CCN(C(=O)C6CCN(c7ccc8c(c7)C(=O)N(C7CCC(=O)NC7=O)C8=O)CC6)CC5)CC4)=C2)NN3)CC1.[HH].[HH]. The fourth-order valence-corrected chi connectivity index (χ4v) is 10.1. The molecule has 348 valence electrons. The van der Waals surface area contributed by atoms with Gasteiger partial charge >= 0.3 is 0 Å². The van der Waals surface area contributed by atoms with Crippen molar-refractivity contribution in [1.82, 2.24) is 35.7 Å². The predicted molar refractivity (Wildman–Crippen MR) is 251 cm³/mol. The molecule has 1 aliphatic carbocycles. The van der Waals surface area contributed by atoms with Gasteiger partial charge in [0.25, 0.3) is 11.8 Å². The zero-order valence-electron chi connectivity index (χ0n) is 38.3. The fraction of sp³-hybridized carbons (Fsp3) is 0.571. The Morgan fingerprint density at radius 2 is 1.52 bits per heavy atom. The van der Waals surface area contributed by atoms with Gasteiger partial charge in [-0.1, -0.05) is 33.8 Å². The summed E-state index contributed by atoms with van der Waals surface area (Å²) in [6.45, 7) is 18.8. The maximum atomic E-state index is 13.7. The van der Waals surface area contributed by atoms with E-state index in [0.717, 1.165) is 113 Å². The van der Waals surface area contributed by atoms with Gasteiger partial charge in [0.15, 0.2) is 0 Å². The van der Waals surface area contributed by atoms with Crippen LogP contribution >= 0.6 is 0 Å². The maximum absolute atomic E-state index is 13.7. The van der Waals surface area contributed by atoms with E-state index in [1.54, 1.807) is 12.1 Å². The zero-order chi connectivity index (χ0) is 45.1. The Morgan fingerprint density at radius 1 is 0.812 bits per heavy atom. The second kappa shape index (κ2) is 19.4. The zero-order valence-corrected chi connectivity index (χ0v) is 38.3. The second-order valence-corrected chi connectivity index (χ2v) is 18.1. The first-order valence-electron chi connectivity index (χ1n) is 24.0. The van der Waals surface area contributed by atoms with Gasteiger partial charge in [-0.2, -0.15) is 0 Å². The maximum Gasteiger partial charge on any atom is 0.262 e. The minimum Gasteiger partial charge on any atom is -0.488 e. The van der Waals surface area contributed by atoms with Crippen molar-refractivity contribution in [3.63, 3.8) is 0 Å². The number of piperidine rings is 3. The average molecular weight is 882 g/mol. The third-order valence-electron chi connectivity index (χ3n) is 14.0. The van der Waals surface area contributed by atoms with Crippen LogP contribution in [0.2, 0.25) is 0 Å². The molecule has 0 spiro atoms. The molecule has 5 fully saturated rings. The predicted octanol–water partition coefficient (Wildman–Crippen LogP) is 5.68. The normalized spacial score (nSPS) is 24.5. The van der Waals surface area contributed by atoms with Crippen LogP contribution in [0.1, 0.15) is 121 Å². The largest absolute Gasteiger partial charge is 0.488 e. The summed E-state index contributed by atoms with van der Waals surface area (Å²) >= 11 is 0. The van der Waals surface area contributed by atoms with Crippen molar-refractivity contribution in [2.24, 2.45) is 11.8 Å². The molecule has 1 saturated carbocycles. The van der Waals surface area contributed by atoms with Gasteiger partial charge in [-0.3, -0.25) is 39.1 Å². The molecule has 2 aromatic carbocycles. The molecule has 0 radical (unpaired) electrons. The number of likely N-dealkylation sites (tertiary alicyclic amines) is 1. The highest BCUT2D eigenvalue weighted by atomic mass is 16.5. The van der Waals surface area contributed by atoms with Gasteiger partial charge in [0.2, 0.25) is 17.7 Å². The number of hydrogen-bond donors (Lipinski definition) is 4. The van der Waals surface area contributed by atoms with Crippen LogP contribution in [0, 0.1) is 11.8 Å². The number of dihydropyridines is 1. The van der Waals surface area contributed by atoms with E-state index >= 15 is 0 Å². The lowest BCUT2D eigenvalue weighted by Crippen LogP contribution is -2.54. The van der Waals surface area contributed by atoms with E-state index in [1.807, 2.05) is 33.8 Å². The number of benzene rings is 2. The number of amides is 5. The van der Waals surface area contributed by atoms with Gasteiger partial charge in [-0.15, -0.1) is 0 Å². The van der Waals surface area contributed by atoms with E-state index in [4.69, 9.17) is 4.74 Å². The summed E-state index contributed by atoms with van der Waals surface area (Å²) in [5.41, 5.74) is 11.8. The number of fused-ring (bicyclic) bond motifs is 2. The molecule has 2 aromatic rings. The van der Waals surface area contributed by atoms with Gasteiger partial charge in [0.1, 0.15) is 23.2 Å². The molecule has 2 atom stereocenters. The third kappa shape index (κ3) is 9.37. The lowest BCUT2D eigenvalue weighted by molar-refractivity contribution is -0.138. The van der Waals surface area contributed by atoms with Crippen LogP contribution < -0.4 is 31.1 Å². The molecule has 8 aliphatic rings. The number of hydrogen-bond acceptors (Lipinski definition) is 12. The van der Waals surface area contributed by atoms with E-state index in [9.17, 15) is 24.0 Å². The van der Waals surface area contributed by atoms with E-state index in [2.05, 4.69) is 78.4 Å². The van der Waals surface area contributed by atoms with E-state index in [0.29, 0.717) is 19.0 Å². The Balaban J connectivity index is 0.00000117. The molecule has 15 heteroatoms. The van der Waals surface area contributed by atoms with E-state index < -0.39 is 29.7 Å². The average Bonchev–Trinajstić information content (AvgIpc) is 3.82. The van der Waals surface area contributed by atoms with Crippen LogP contribution in [0.25, 0.3) is 0 Å². The Labute approximate surface area is 380 Å². The number of carbonyl (C=O) groups is 5. The highest BCUT2D eigenvalue weighted by molar-refractivity contribution is 6.23. The summed E-state index contributed by atoms with van der Waals surface area (Å²) in [7, 11) is 0. The highest BCUT2D eigenvalue weighted by Crippen LogP contribution is 2.43.